The highest BCUT2D eigenvalue weighted by Crippen LogP contribution is 2.26. The van der Waals surface area contributed by atoms with Crippen molar-refractivity contribution in [2.75, 3.05) is 19.6 Å². The van der Waals surface area contributed by atoms with Crippen molar-refractivity contribution >= 4 is 0 Å². The van der Waals surface area contributed by atoms with E-state index in [4.69, 9.17) is 0 Å². The molecule has 0 aliphatic carbocycles. The largest absolute Gasteiger partial charge is 0.316 e. The Morgan fingerprint density at radius 2 is 1.84 bits per heavy atom. The molecule has 1 saturated heterocycles. The molecule has 2 nitrogen and oxygen atoms in total. The van der Waals surface area contributed by atoms with E-state index in [0.717, 1.165) is 18.0 Å². The van der Waals surface area contributed by atoms with Crippen LogP contribution in [0.2, 0.25) is 0 Å². The van der Waals surface area contributed by atoms with Gasteiger partial charge in [-0.05, 0) is 64.6 Å². The predicted octanol–water partition coefficient (Wildman–Crippen LogP) is 4.06. The molecule has 1 aliphatic heterocycles. The second-order valence-corrected chi connectivity index (χ2v) is 6.74. The van der Waals surface area contributed by atoms with Crippen LogP contribution in [0.1, 0.15) is 72.6 Å². The van der Waals surface area contributed by atoms with Gasteiger partial charge in [0.2, 0.25) is 0 Å². The van der Waals surface area contributed by atoms with E-state index in [0.29, 0.717) is 0 Å². The number of nitrogens with zero attached hydrogens (tertiary/aromatic N) is 1. The highest BCUT2D eigenvalue weighted by molar-refractivity contribution is 4.83. The second kappa shape index (κ2) is 9.77. The Hall–Kier alpha value is -0.0800. The van der Waals surface area contributed by atoms with Crippen LogP contribution in [0.4, 0.5) is 0 Å². The zero-order valence-corrected chi connectivity index (χ0v) is 13.8. The van der Waals surface area contributed by atoms with Crippen molar-refractivity contribution in [3.8, 4) is 0 Å². The van der Waals surface area contributed by atoms with Gasteiger partial charge in [0, 0.05) is 12.1 Å². The topological polar surface area (TPSA) is 15.3 Å². The number of hydrogen-bond donors (Lipinski definition) is 1. The maximum Gasteiger partial charge on any atom is 0.00960 e. The first-order valence-electron chi connectivity index (χ1n) is 8.61. The predicted molar refractivity (Wildman–Crippen MR) is 85.7 cm³/mol. The zero-order valence-electron chi connectivity index (χ0n) is 13.8. The third kappa shape index (κ3) is 6.76. The summed E-state index contributed by atoms with van der Waals surface area (Å²) in [5.74, 6) is 0.780. The van der Waals surface area contributed by atoms with E-state index >= 15 is 0 Å². The van der Waals surface area contributed by atoms with Crippen molar-refractivity contribution in [1.29, 1.82) is 0 Å². The van der Waals surface area contributed by atoms with E-state index in [1.807, 2.05) is 0 Å². The summed E-state index contributed by atoms with van der Waals surface area (Å²) < 4.78 is 0. The fourth-order valence-electron chi connectivity index (χ4n) is 3.26. The summed E-state index contributed by atoms with van der Waals surface area (Å²) in [6.45, 7) is 13.0. The Morgan fingerprint density at radius 3 is 2.53 bits per heavy atom. The van der Waals surface area contributed by atoms with Crippen molar-refractivity contribution in [2.24, 2.45) is 5.92 Å². The zero-order chi connectivity index (χ0) is 14.1. The maximum atomic E-state index is 3.53. The summed E-state index contributed by atoms with van der Waals surface area (Å²) in [6.07, 6.45) is 9.72. The Kier molecular flexibility index (Phi) is 8.72. The number of rotatable bonds is 10. The summed E-state index contributed by atoms with van der Waals surface area (Å²) in [7, 11) is 0. The van der Waals surface area contributed by atoms with Gasteiger partial charge in [-0.15, -0.1) is 0 Å². The number of likely N-dealkylation sites (tertiary alicyclic amines) is 1. The van der Waals surface area contributed by atoms with Crippen LogP contribution in [0.3, 0.4) is 0 Å². The van der Waals surface area contributed by atoms with Gasteiger partial charge in [0.15, 0.2) is 0 Å². The second-order valence-electron chi connectivity index (χ2n) is 6.74. The summed E-state index contributed by atoms with van der Waals surface area (Å²) in [5.41, 5.74) is 0. The Morgan fingerprint density at radius 1 is 1.11 bits per heavy atom. The average molecular weight is 268 g/mol. The lowest BCUT2D eigenvalue weighted by molar-refractivity contribution is 0.194. The van der Waals surface area contributed by atoms with Gasteiger partial charge in [0.1, 0.15) is 0 Å². The molecule has 0 bridgehead atoms. The Balaban J connectivity index is 1.95. The molecule has 0 aromatic rings. The summed E-state index contributed by atoms with van der Waals surface area (Å²) in [4.78, 5) is 2.76. The number of nitrogens with one attached hydrogen (secondary N) is 1. The fraction of sp³-hybridized carbons (Fsp3) is 1.00. The lowest BCUT2D eigenvalue weighted by Gasteiger charge is -2.27. The normalized spacial score (nSPS) is 24.5. The first-order valence-corrected chi connectivity index (χ1v) is 8.61. The standard InChI is InChI=1S/C17H36N2/c1-5-17-11-10-16(4)19(17)13-9-7-6-8-12-18-14-15(2)3/h15-18H,5-14H2,1-4H3. The van der Waals surface area contributed by atoms with Gasteiger partial charge in [0.05, 0.1) is 0 Å². The summed E-state index contributed by atoms with van der Waals surface area (Å²) in [6, 6.07) is 1.71. The molecule has 0 saturated carbocycles. The van der Waals surface area contributed by atoms with Crippen LogP contribution >= 0.6 is 0 Å². The monoisotopic (exact) mass is 268 g/mol. The minimum Gasteiger partial charge on any atom is -0.316 e. The fourth-order valence-corrected chi connectivity index (χ4v) is 3.26. The van der Waals surface area contributed by atoms with Gasteiger partial charge < -0.3 is 5.32 Å². The molecule has 0 aromatic heterocycles. The van der Waals surface area contributed by atoms with Gasteiger partial charge in [-0.3, -0.25) is 4.90 Å². The van der Waals surface area contributed by atoms with Crippen molar-refractivity contribution in [3.05, 3.63) is 0 Å². The van der Waals surface area contributed by atoms with E-state index in [1.54, 1.807) is 0 Å². The van der Waals surface area contributed by atoms with E-state index in [-0.39, 0.29) is 0 Å². The highest BCUT2D eigenvalue weighted by Gasteiger charge is 2.28. The van der Waals surface area contributed by atoms with Crippen LogP contribution in [0.15, 0.2) is 0 Å². The summed E-state index contributed by atoms with van der Waals surface area (Å²) in [5, 5.41) is 3.53. The SMILES string of the molecule is CCC1CCC(C)N1CCCCCCNCC(C)C. The van der Waals surface area contributed by atoms with E-state index in [9.17, 15) is 0 Å². The van der Waals surface area contributed by atoms with Crippen molar-refractivity contribution < 1.29 is 0 Å². The van der Waals surface area contributed by atoms with Gasteiger partial charge in [-0.2, -0.15) is 0 Å². The van der Waals surface area contributed by atoms with E-state index in [2.05, 4.69) is 37.9 Å². The molecule has 0 spiro atoms. The van der Waals surface area contributed by atoms with Gasteiger partial charge in [0.25, 0.3) is 0 Å². The van der Waals surface area contributed by atoms with Crippen LogP contribution < -0.4 is 5.32 Å². The molecule has 2 unspecified atom stereocenters. The van der Waals surface area contributed by atoms with Crippen molar-refractivity contribution in [2.45, 2.75) is 84.7 Å². The van der Waals surface area contributed by atoms with Crippen LogP contribution in [-0.4, -0.2) is 36.6 Å². The minimum absolute atomic E-state index is 0.780. The van der Waals surface area contributed by atoms with E-state index < -0.39 is 0 Å². The van der Waals surface area contributed by atoms with Crippen LogP contribution in [0.25, 0.3) is 0 Å². The maximum absolute atomic E-state index is 3.53. The van der Waals surface area contributed by atoms with Gasteiger partial charge >= 0.3 is 0 Å². The Bertz CT molecular complexity index is 215. The molecule has 1 heterocycles. The quantitative estimate of drug-likeness (QED) is 0.601. The highest BCUT2D eigenvalue weighted by atomic mass is 15.2. The molecule has 1 N–H and O–H groups in total. The molecule has 0 aromatic carbocycles. The molecule has 0 amide bonds. The minimum atomic E-state index is 0.780. The molecule has 1 fully saturated rings. The first-order chi connectivity index (χ1) is 9.15. The lowest BCUT2D eigenvalue weighted by Crippen LogP contribution is -2.34. The van der Waals surface area contributed by atoms with Crippen LogP contribution in [0.5, 0.6) is 0 Å². The molecule has 2 atom stereocenters. The average Bonchev–Trinajstić information content (AvgIpc) is 2.73. The van der Waals surface area contributed by atoms with Crippen molar-refractivity contribution in [1.82, 2.24) is 10.2 Å². The third-order valence-electron chi connectivity index (χ3n) is 4.50. The number of unbranched alkanes of at least 4 members (excludes halogenated alkanes) is 3. The van der Waals surface area contributed by atoms with Gasteiger partial charge in [-0.25, -0.2) is 0 Å². The smallest absolute Gasteiger partial charge is 0.00960 e. The third-order valence-corrected chi connectivity index (χ3v) is 4.50. The molecule has 1 aliphatic rings. The van der Waals surface area contributed by atoms with E-state index in [1.165, 1.54) is 64.6 Å². The number of hydrogen-bond acceptors (Lipinski definition) is 2. The first kappa shape index (κ1) is 17.0. The molecule has 0 radical (unpaired) electrons. The van der Waals surface area contributed by atoms with Gasteiger partial charge in [-0.1, -0.05) is 33.6 Å². The molecule has 19 heavy (non-hydrogen) atoms. The molecular weight excluding hydrogens is 232 g/mol. The molecular formula is C17H36N2. The molecule has 114 valence electrons. The summed E-state index contributed by atoms with van der Waals surface area (Å²) >= 11 is 0. The Labute approximate surface area is 121 Å². The van der Waals surface area contributed by atoms with Crippen LogP contribution in [-0.2, 0) is 0 Å². The molecule has 2 heteroatoms. The molecule has 1 rings (SSSR count). The van der Waals surface area contributed by atoms with Crippen LogP contribution in [0, 0.1) is 5.92 Å². The van der Waals surface area contributed by atoms with Crippen molar-refractivity contribution in [3.63, 3.8) is 0 Å². The lowest BCUT2D eigenvalue weighted by atomic mass is 10.1.